The van der Waals surface area contributed by atoms with Crippen molar-refractivity contribution in [2.24, 2.45) is 5.84 Å². The minimum Gasteiger partial charge on any atom is -0.294 e. The number of hydrogen-bond acceptors (Lipinski definition) is 4. The smallest absolute Gasteiger partial charge is 0.243 e. The molecule has 4 nitrogen and oxygen atoms in total. The Bertz CT molecular complexity index is 476. The van der Waals surface area contributed by atoms with E-state index in [0.29, 0.717) is 6.42 Å². The lowest BCUT2D eigenvalue weighted by molar-refractivity contribution is -0.122. The van der Waals surface area contributed by atoms with E-state index in [1.807, 2.05) is 31.2 Å². The summed E-state index contributed by atoms with van der Waals surface area (Å²) in [5.41, 5.74) is 3.12. The quantitative estimate of drug-likeness (QED) is 0.484. The molecule has 1 amide bonds. The second kappa shape index (κ2) is 4.59. The molecule has 1 atom stereocenters. The van der Waals surface area contributed by atoms with Crippen molar-refractivity contribution in [3.05, 3.63) is 29.3 Å². The lowest BCUT2D eigenvalue weighted by atomic mass is 10.1. The van der Waals surface area contributed by atoms with E-state index >= 15 is 0 Å². The number of hydrogen-bond donors (Lipinski definition) is 2. The maximum absolute atomic E-state index is 11.6. The van der Waals surface area contributed by atoms with Crippen LogP contribution in [0.2, 0.25) is 0 Å². The van der Waals surface area contributed by atoms with Crippen LogP contribution < -0.4 is 11.3 Å². The highest BCUT2D eigenvalue weighted by Gasteiger charge is 2.21. The lowest BCUT2D eigenvalue weighted by Crippen LogP contribution is -2.34. The molecule has 0 spiro atoms. The number of thiazole rings is 1. The molecule has 0 radical (unpaired) electrons. The van der Waals surface area contributed by atoms with Gasteiger partial charge in [0.25, 0.3) is 0 Å². The van der Waals surface area contributed by atoms with Crippen molar-refractivity contribution in [1.82, 2.24) is 10.4 Å². The van der Waals surface area contributed by atoms with Gasteiger partial charge in [-0.05, 0) is 18.6 Å². The van der Waals surface area contributed by atoms with Crippen molar-refractivity contribution < 1.29 is 4.79 Å². The van der Waals surface area contributed by atoms with Crippen LogP contribution in [0, 0.1) is 0 Å². The first-order chi connectivity index (χ1) is 7.76. The van der Waals surface area contributed by atoms with E-state index in [-0.39, 0.29) is 11.8 Å². The van der Waals surface area contributed by atoms with E-state index in [4.69, 9.17) is 5.84 Å². The number of benzene rings is 1. The highest BCUT2D eigenvalue weighted by molar-refractivity contribution is 7.18. The fourth-order valence-electron chi connectivity index (χ4n) is 1.61. The van der Waals surface area contributed by atoms with Gasteiger partial charge in [-0.25, -0.2) is 10.8 Å². The van der Waals surface area contributed by atoms with E-state index in [1.165, 1.54) is 0 Å². The summed E-state index contributed by atoms with van der Waals surface area (Å²) in [6.07, 6.45) is 0.697. The van der Waals surface area contributed by atoms with Crippen molar-refractivity contribution >= 4 is 27.5 Å². The molecule has 5 heteroatoms. The van der Waals surface area contributed by atoms with Crippen LogP contribution in [0.5, 0.6) is 0 Å². The zero-order valence-electron chi connectivity index (χ0n) is 8.93. The van der Waals surface area contributed by atoms with Crippen LogP contribution in [0.3, 0.4) is 0 Å². The molecule has 0 bridgehead atoms. The van der Waals surface area contributed by atoms with Crippen LogP contribution in [0.25, 0.3) is 10.2 Å². The van der Waals surface area contributed by atoms with Gasteiger partial charge in [0.05, 0.1) is 16.1 Å². The summed E-state index contributed by atoms with van der Waals surface area (Å²) in [4.78, 5) is 16.0. The number of aromatic nitrogens is 1. The molecule has 1 unspecified atom stereocenters. The monoisotopic (exact) mass is 235 g/mol. The Morgan fingerprint density at radius 3 is 2.94 bits per heavy atom. The van der Waals surface area contributed by atoms with Crippen molar-refractivity contribution in [3.8, 4) is 0 Å². The van der Waals surface area contributed by atoms with Gasteiger partial charge in [-0.3, -0.25) is 10.2 Å². The van der Waals surface area contributed by atoms with Crippen LogP contribution >= 0.6 is 11.3 Å². The molecule has 0 saturated heterocycles. The van der Waals surface area contributed by atoms with Crippen LogP contribution in [-0.2, 0) is 4.79 Å². The third-order valence-electron chi connectivity index (χ3n) is 2.48. The number of nitrogens with zero attached hydrogens (tertiary/aromatic N) is 1. The molecule has 84 valence electrons. The molecule has 0 fully saturated rings. The number of nitrogens with one attached hydrogen (secondary N) is 1. The number of carbonyl (C=O) groups is 1. The number of hydrazine groups is 1. The molecule has 0 aliphatic heterocycles. The second-order valence-electron chi connectivity index (χ2n) is 3.49. The summed E-state index contributed by atoms with van der Waals surface area (Å²) in [7, 11) is 0. The molecule has 16 heavy (non-hydrogen) atoms. The molecule has 1 aromatic heterocycles. The Labute approximate surface area is 97.5 Å². The SMILES string of the molecule is CCC(C(=O)NN)c1nc2ccccc2s1. The average molecular weight is 235 g/mol. The maximum Gasteiger partial charge on any atom is 0.243 e. The lowest BCUT2D eigenvalue weighted by Gasteiger charge is -2.08. The second-order valence-corrected chi connectivity index (χ2v) is 4.55. The zero-order valence-corrected chi connectivity index (χ0v) is 9.75. The topological polar surface area (TPSA) is 68.0 Å². The molecule has 2 aromatic rings. The Kier molecular flexibility index (Phi) is 3.17. The van der Waals surface area contributed by atoms with Gasteiger partial charge in [0, 0.05) is 0 Å². The first kappa shape index (κ1) is 11.0. The van der Waals surface area contributed by atoms with Crippen molar-refractivity contribution in [2.45, 2.75) is 19.3 Å². The summed E-state index contributed by atoms with van der Waals surface area (Å²) in [6.45, 7) is 1.95. The third kappa shape index (κ3) is 1.91. The van der Waals surface area contributed by atoms with Crippen LogP contribution in [0.4, 0.5) is 0 Å². The van der Waals surface area contributed by atoms with E-state index < -0.39 is 0 Å². The number of rotatable bonds is 3. The minimum absolute atomic E-state index is 0.179. The summed E-state index contributed by atoms with van der Waals surface area (Å²) in [5, 5.41) is 0.826. The summed E-state index contributed by atoms with van der Waals surface area (Å²) in [6, 6.07) is 7.86. The molecule has 3 N–H and O–H groups in total. The summed E-state index contributed by atoms with van der Waals surface area (Å²) in [5.74, 6) is 4.73. The van der Waals surface area contributed by atoms with Gasteiger partial charge < -0.3 is 0 Å². The van der Waals surface area contributed by atoms with E-state index in [0.717, 1.165) is 15.2 Å². The molecule has 0 aliphatic rings. The highest BCUT2D eigenvalue weighted by atomic mass is 32.1. The average Bonchev–Trinajstić information content (AvgIpc) is 2.72. The van der Waals surface area contributed by atoms with Crippen molar-refractivity contribution in [2.75, 3.05) is 0 Å². The van der Waals surface area contributed by atoms with Gasteiger partial charge >= 0.3 is 0 Å². The Morgan fingerprint density at radius 2 is 2.31 bits per heavy atom. The Balaban J connectivity index is 2.41. The molecule has 0 saturated carbocycles. The van der Waals surface area contributed by atoms with E-state index in [2.05, 4.69) is 10.4 Å². The maximum atomic E-state index is 11.6. The van der Waals surface area contributed by atoms with Gasteiger partial charge in [-0.1, -0.05) is 19.1 Å². The van der Waals surface area contributed by atoms with Gasteiger partial charge in [0.1, 0.15) is 5.01 Å². The molecule has 1 heterocycles. The van der Waals surface area contributed by atoms with Crippen LogP contribution in [-0.4, -0.2) is 10.9 Å². The molecular formula is C11H13N3OS. The first-order valence-electron chi connectivity index (χ1n) is 5.12. The van der Waals surface area contributed by atoms with Gasteiger partial charge in [0.2, 0.25) is 5.91 Å². The summed E-state index contributed by atoms with van der Waals surface area (Å²) >= 11 is 1.55. The molecule has 2 rings (SSSR count). The Hall–Kier alpha value is -1.46. The first-order valence-corrected chi connectivity index (χ1v) is 5.93. The van der Waals surface area contributed by atoms with Gasteiger partial charge in [0.15, 0.2) is 0 Å². The van der Waals surface area contributed by atoms with Gasteiger partial charge in [-0.2, -0.15) is 0 Å². The van der Waals surface area contributed by atoms with E-state index in [9.17, 15) is 4.79 Å². The van der Waals surface area contributed by atoms with Crippen LogP contribution in [0.15, 0.2) is 24.3 Å². The number of nitrogens with two attached hydrogens (primary N) is 1. The predicted octanol–water partition coefficient (Wildman–Crippen LogP) is 1.78. The number of fused-ring (bicyclic) bond motifs is 1. The molecule has 1 aromatic carbocycles. The Morgan fingerprint density at radius 1 is 1.56 bits per heavy atom. The van der Waals surface area contributed by atoms with Gasteiger partial charge in [-0.15, -0.1) is 11.3 Å². The number of para-hydroxylation sites is 1. The third-order valence-corrected chi connectivity index (χ3v) is 3.63. The number of amides is 1. The largest absolute Gasteiger partial charge is 0.294 e. The van der Waals surface area contributed by atoms with Crippen molar-refractivity contribution in [1.29, 1.82) is 0 Å². The molecule has 0 aliphatic carbocycles. The highest BCUT2D eigenvalue weighted by Crippen LogP contribution is 2.29. The van der Waals surface area contributed by atoms with Crippen molar-refractivity contribution in [3.63, 3.8) is 0 Å². The molecular weight excluding hydrogens is 222 g/mol. The number of carbonyl (C=O) groups excluding carboxylic acids is 1. The predicted molar refractivity (Wildman–Crippen MR) is 65.0 cm³/mol. The van der Waals surface area contributed by atoms with E-state index in [1.54, 1.807) is 11.3 Å². The fraction of sp³-hybridized carbons (Fsp3) is 0.273. The fourth-order valence-corrected chi connectivity index (χ4v) is 2.76. The minimum atomic E-state index is -0.248. The summed E-state index contributed by atoms with van der Waals surface area (Å²) < 4.78 is 1.10. The standard InChI is InChI=1S/C11H13N3OS/c1-2-7(10(15)14-12)11-13-8-5-3-4-6-9(8)16-11/h3-7H,2,12H2,1H3,(H,14,15). The zero-order chi connectivity index (χ0) is 11.5. The normalized spacial score (nSPS) is 12.6. The van der Waals surface area contributed by atoms with Crippen LogP contribution in [0.1, 0.15) is 24.3 Å².